The van der Waals surface area contributed by atoms with Crippen LogP contribution in [0.25, 0.3) is 0 Å². The molecule has 1 saturated carbocycles. The summed E-state index contributed by atoms with van der Waals surface area (Å²) in [5.41, 5.74) is 0.290. The van der Waals surface area contributed by atoms with Crippen molar-refractivity contribution in [3.63, 3.8) is 0 Å². The van der Waals surface area contributed by atoms with Crippen LogP contribution in [0.3, 0.4) is 0 Å². The molecule has 1 fully saturated rings. The summed E-state index contributed by atoms with van der Waals surface area (Å²) in [7, 11) is 1.62. The van der Waals surface area contributed by atoms with Crippen LogP contribution in [0.2, 0.25) is 0 Å². The molecule has 1 N–H and O–H groups in total. The Bertz CT molecular complexity index is 607. The minimum atomic E-state index is -0.755. The van der Waals surface area contributed by atoms with E-state index in [9.17, 15) is 9.59 Å². The van der Waals surface area contributed by atoms with Gasteiger partial charge in [-0.15, -0.1) is 0 Å². The van der Waals surface area contributed by atoms with Crippen molar-refractivity contribution in [3.8, 4) is 11.5 Å². The van der Waals surface area contributed by atoms with Gasteiger partial charge in [0.1, 0.15) is 29.3 Å². The van der Waals surface area contributed by atoms with Crippen LogP contribution in [0.5, 0.6) is 11.5 Å². The van der Waals surface area contributed by atoms with Crippen LogP contribution in [0, 0.1) is 5.41 Å². The first-order valence-corrected chi connectivity index (χ1v) is 7.73. The number of methoxy groups -OCH3 is 1. The topological polar surface area (TPSA) is 64.6 Å². The highest BCUT2D eigenvalue weighted by Gasteiger charge is 2.55. The number of hydrogen-bond donors (Lipinski definition) is 1. The molecule has 0 aromatic heterocycles. The second kappa shape index (κ2) is 5.63. The molecule has 1 aliphatic heterocycles. The molecule has 1 aromatic carbocycles. The fourth-order valence-corrected chi connectivity index (χ4v) is 2.99. The van der Waals surface area contributed by atoms with E-state index in [4.69, 9.17) is 9.47 Å². The van der Waals surface area contributed by atoms with Crippen molar-refractivity contribution < 1.29 is 19.1 Å². The molecule has 1 aliphatic carbocycles. The number of Topliss-reactive ketones (excluding diaryl/α,β-unsaturated/α-hetero) is 1. The van der Waals surface area contributed by atoms with Gasteiger partial charge < -0.3 is 14.8 Å². The van der Waals surface area contributed by atoms with Crippen LogP contribution >= 0.6 is 0 Å². The van der Waals surface area contributed by atoms with E-state index >= 15 is 0 Å². The van der Waals surface area contributed by atoms with E-state index in [1.807, 2.05) is 25.1 Å². The van der Waals surface area contributed by atoms with Gasteiger partial charge in [0.15, 0.2) is 0 Å². The predicted octanol–water partition coefficient (Wildman–Crippen LogP) is 1.87. The van der Waals surface area contributed by atoms with Crippen molar-refractivity contribution in [1.82, 2.24) is 5.32 Å². The average Bonchev–Trinajstić information content (AvgIpc) is 3.35. The SMILES string of the molecule is CCC(=O)C1(C(=O)NC2COc3cc(OC)ccc3C2)CC1. The Morgan fingerprint density at radius 1 is 1.41 bits per heavy atom. The van der Waals surface area contributed by atoms with E-state index in [1.165, 1.54) is 0 Å². The Morgan fingerprint density at radius 3 is 2.82 bits per heavy atom. The quantitative estimate of drug-likeness (QED) is 0.844. The molecule has 1 aromatic rings. The van der Waals surface area contributed by atoms with Gasteiger partial charge in [0.05, 0.1) is 13.2 Å². The lowest BCUT2D eigenvalue weighted by Crippen LogP contribution is -2.47. The maximum Gasteiger partial charge on any atom is 0.234 e. The van der Waals surface area contributed by atoms with Crippen LogP contribution in [0.1, 0.15) is 31.7 Å². The maximum atomic E-state index is 12.4. The van der Waals surface area contributed by atoms with Gasteiger partial charge in [-0.25, -0.2) is 0 Å². The smallest absolute Gasteiger partial charge is 0.234 e. The Hall–Kier alpha value is -2.04. The number of ketones is 1. The zero-order chi connectivity index (χ0) is 15.7. The van der Waals surface area contributed by atoms with Gasteiger partial charge in [0.2, 0.25) is 5.91 Å². The van der Waals surface area contributed by atoms with Gasteiger partial charge in [-0.1, -0.05) is 13.0 Å². The highest BCUT2D eigenvalue weighted by molar-refractivity contribution is 6.08. The first-order chi connectivity index (χ1) is 10.6. The van der Waals surface area contributed by atoms with Crippen molar-refractivity contribution in [2.75, 3.05) is 13.7 Å². The molecule has 0 radical (unpaired) electrons. The normalized spacial score (nSPS) is 21.3. The Morgan fingerprint density at radius 2 is 2.18 bits per heavy atom. The maximum absolute atomic E-state index is 12.4. The van der Waals surface area contributed by atoms with Gasteiger partial charge in [-0.3, -0.25) is 9.59 Å². The largest absolute Gasteiger partial charge is 0.497 e. The van der Waals surface area contributed by atoms with E-state index in [-0.39, 0.29) is 17.7 Å². The summed E-state index contributed by atoms with van der Waals surface area (Å²) < 4.78 is 10.9. The number of carbonyl (C=O) groups excluding carboxylic acids is 2. The van der Waals surface area contributed by atoms with Crippen molar-refractivity contribution >= 4 is 11.7 Å². The first kappa shape index (κ1) is 14.9. The third-order valence-corrected chi connectivity index (χ3v) is 4.56. The summed E-state index contributed by atoms with van der Waals surface area (Å²) in [4.78, 5) is 24.3. The van der Waals surface area contributed by atoms with Crippen LogP contribution in [0.4, 0.5) is 0 Å². The lowest BCUT2D eigenvalue weighted by atomic mass is 9.96. The minimum Gasteiger partial charge on any atom is -0.497 e. The molecule has 3 rings (SSSR count). The van der Waals surface area contributed by atoms with Crippen LogP contribution < -0.4 is 14.8 Å². The van der Waals surface area contributed by atoms with E-state index in [0.717, 1.165) is 17.1 Å². The molecule has 0 saturated heterocycles. The second-order valence-corrected chi connectivity index (χ2v) is 6.02. The molecule has 0 bridgehead atoms. The molecule has 1 heterocycles. The second-order valence-electron chi connectivity index (χ2n) is 6.02. The highest BCUT2D eigenvalue weighted by Crippen LogP contribution is 2.47. The lowest BCUT2D eigenvalue weighted by molar-refractivity contribution is -0.136. The molecule has 22 heavy (non-hydrogen) atoms. The van der Waals surface area contributed by atoms with Crippen LogP contribution in [0.15, 0.2) is 18.2 Å². The Balaban J connectivity index is 1.66. The van der Waals surface area contributed by atoms with Gasteiger partial charge in [0, 0.05) is 12.5 Å². The summed E-state index contributed by atoms with van der Waals surface area (Å²) in [6.45, 7) is 2.23. The summed E-state index contributed by atoms with van der Waals surface area (Å²) in [6.07, 6.45) is 2.47. The monoisotopic (exact) mass is 303 g/mol. The van der Waals surface area contributed by atoms with Gasteiger partial charge in [0.25, 0.3) is 0 Å². The number of amides is 1. The highest BCUT2D eigenvalue weighted by atomic mass is 16.5. The molecule has 5 nitrogen and oxygen atoms in total. The summed E-state index contributed by atoms with van der Waals surface area (Å²) in [5, 5.41) is 2.99. The molecule has 1 amide bonds. The number of ether oxygens (including phenoxy) is 2. The molecule has 0 spiro atoms. The van der Waals surface area contributed by atoms with Crippen molar-refractivity contribution in [2.24, 2.45) is 5.41 Å². The number of nitrogens with one attached hydrogen (secondary N) is 1. The standard InChI is InChI=1S/C17H21NO4/c1-3-15(19)17(6-7-17)16(20)18-12-8-11-4-5-13(21-2)9-14(11)22-10-12/h4-5,9,12H,3,6-8,10H2,1-2H3,(H,18,20). The van der Waals surface area contributed by atoms with Crippen LogP contribution in [-0.4, -0.2) is 31.4 Å². The summed E-state index contributed by atoms with van der Waals surface area (Å²) >= 11 is 0. The molecule has 1 unspecified atom stereocenters. The third kappa shape index (κ3) is 2.56. The van der Waals surface area contributed by atoms with Gasteiger partial charge in [-0.2, -0.15) is 0 Å². The Kier molecular flexibility index (Phi) is 3.81. The number of rotatable bonds is 5. The molecule has 118 valence electrons. The van der Waals surface area contributed by atoms with E-state index in [2.05, 4.69) is 5.32 Å². The van der Waals surface area contributed by atoms with Crippen molar-refractivity contribution in [1.29, 1.82) is 0 Å². The van der Waals surface area contributed by atoms with E-state index < -0.39 is 5.41 Å². The summed E-state index contributed by atoms with van der Waals surface area (Å²) in [6, 6.07) is 5.61. The fourth-order valence-electron chi connectivity index (χ4n) is 2.99. The van der Waals surface area contributed by atoms with E-state index in [0.29, 0.717) is 32.3 Å². The lowest BCUT2D eigenvalue weighted by Gasteiger charge is -2.27. The predicted molar refractivity (Wildman–Crippen MR) is 81.1 cm³/mol. The van der Waals surface area contributed by atoms with Crippen molar-refractivity contribution in [3.05, 3.63) is 23.8 Å². The average molecular weight is 303 g/mol. The zero-order valence-electron chi connectivity index (χ0n) is 13.0. The Labute approximate surface area is 130 Å². The molecule has 2 aliphatic rings. The van der Waals surface area contributed by atoms with Crippen LogP contribution in [-0.2, 0) is 16.0 Å². The zero-order valence-corrected chi connectivity index (χ0v) is 13.0. The number of hydrogen-bond acceptors (Lipinski definition) is 4. The van der Waals surface area contributed by atoms with E-state index in [1.54, 1.807) is 7.11 Å². The molecule has 5 heteroatoms. The number of benzene rings is 1. The first-order valence-electron chi connectivity index (χ1n) is 7.73. The molecular formula is C17H21NO4. The minimum absolute atomic E-state index is 0.0480. The van der Waals surface area contributed by atoms with Gasteiger partial charge >= 0.3 is 0 Å². The number of carbonyl (C=O) groups is 2. The molecular weight excluding hydrogens is 282 g/mol. The third-order valence-electron chi connectivity index (χ3n) is 4.56. The van der Waals surface area contributed by atoms with Crippen molar-refractivity contribution in [2.45, 2.75) is 38.6 Å². The summed E-state index contributed by atoms with van der Waals surface area (Å²) in [5.74, 6) is 1.47. The number of fused-ring (bicyclic) bond motifs is 1. The van der Waals surface area contributed by atoms with Gasteiger partial charge in [-0.05, 0) is 30.9 Å². The fraction of sp³-hybridized carbons (Fsp3) is 0.529. The molecule has 1 atom stereocenters.